The molecule has 2 rings (SSSR count). The molecule has 0 radical (unpaired) electrons. The molecular formula is C21H26N2O4. The fourth-order valence-corrected chi connectivity index (χ4v) is 3.24. The van der Waals surface area contributed by atoms with E-state index in [2.05, 4.69) is 0 Å². The summed E-state index contributed by atoms with van der Waals surface area (Å²) in [6.07, 6.45) is 0.793. The van der Waals surface area contributed by atoms with Crippen LogP contribution >= 0.6 is 0 Å². The minimum absolute atomic E-state index is 0.0320. The van der Waals surface area contributed by atoms with Crippen LogP contribution in [0.4, 0.5) is 0 Å². The van der Waals surface area contributed by atoms with Gasteiger partial charge in [-0.25, -0.2) is 0 Å². The van der Waals surface area contributed by atoms with Gasteiger partial charge < -0.3 is 4.74 Å². The molecule has 6 heteroatoms. The Kier molecular flexibility index (Phi) is 6.86. The molecule has 2 atom stereocenters. The van der Waals surface area contributed by atoms with Crippen molar-refractivity contribution in [1.29, 1.82) is 5.26 Å². The molecule has 144 valence electrons. The molecule has 0 N–H and O–H groups in total. The number of likely N-dealkylation sites (tertiary alicyclic amines) is 1. The molecule has 1 heterocycles. The second-order valence-electron chi connectivity index (χ2n) is 7.84. The van der Waals surface area contributed by atoms with Crippen molar-refractivity contribution in [3.8, 4) is 6.07 Å². The van der Waals surface area contributed by atoms with E-state index < -0.39 is 11.6 Å². The number of hydrogen-bond acceptors (Lipinski definition) is 6. The lowest BCUT2D eigenvalue weighted by molar-refractivity contribution is -0.163. The predicted octanol–water partition coefficient (Wildman–Crippen LogP) is 2.77. The molecule has 0 spiro atoms. The van der Waals surface area contributed by atoms with E-state index in [1.807, 2.05) is 12.1 Å². The second kappa shape index (κ2) is 8.92. The topological polar surface area (TPSA) is 87.5 Å². The van der Waals surface area contributed by atoms with E-state index in [0.717, 1.165) is 0 Å². The summed E-state index contributed by atoms with van der Waals surface area (Å²) in [5.74, 6) is -0.976. The van der Waals surface area contributed by atoms with Gasteiger partial charge in [0, 0.05) is 18.0 Å². The summed E-state index contributed by atoms with van der Waals surface area (Å²) in [6, 6.07) is 10.2. The number of carbonyl (C=O) groups is 3. The molecule has 1 aliphatic rings. The molecule has 0 bridgehead atoms. The molecular weight excluding hydrogens is 344 g/mol. The Morgan fingerprint density at radius 1 is 1.19 bits per heavy atom. The van der Waals surface area contributed by atoms with Gasteiger partial charge in [0.25, 0.3) is 0 Å². The van der Waals surface area contributed by atoms with Crippen molar-refractivity contribution < 1.29 is 19.1 Å². The zero-order chi connectivity index (χ0) is 20.0. The molecule has 0 unspecified atom stereocenters. The quantitative estimate of drug-likeness (QED) is 0.565. The highest BCUT2D eigenvalue weighted by atomic mass is 16.6. The number of nitriles is 1. The summed E-state index contributed by atoms with van der Waals surface area (Å²) in [4.78, 5) is 39.2. The number of hydrogen-bond donors (Lipinski definition) is 0. The van der Waals surface area contributed by atoms with Gasteiger partial charge in [0.2, 0.25) is 0 Å². The van der Waals surface area contributed by atoms with Crippen molar-refractivity contribution in [1.82, 2.24) is 4.90 Å². The summed E-state index contributed by atoms with van der Waals surface area (Å²) in [7, 11) is 0. The smallest absolute Gasteiger partial charge is 0.323 e. The maximum absolute atomic E-state index is 12.6. The molecule has 1 fully saturated rings. The minimum atomic E-state index is -0.625. The summed E-state index contributed by atoms with van der Waals surface area (Å²) in [5, 5.41) is 8.78. The van der Waals surface area contributed by atoms with Crippen LogP contribution in [0.25, 0.3) is 0 Å². The Hall–Kier alpha value is -2.52. The SMILES string of the molecule is CC(C)(C)OC(=O)[C@@H]1CC[C@H](C(=O)CC#N)CN1CC(=O)c1ccccc1. The van der Waals surface area contributed by atoms with Crippen molar-refractivity contribution in [2.75, 3.05) is 13.1 Å². The van der Waals surface area contributed by atoms with Crippen molar-refractivity contribution >= 4 is 17.5 Å². The van der Waals surface area contributed by atoms with Crippen LogP contribution in [0.1, 0.15) is 50.4 Å². The van der Waals surface area contributed by atoms with E-state index in [1.165, 1.54) is 0 Å². The fraction of sp³-hybridized carbons (Fsp3) is 0.524. The number of Topliss-reactive ketones (excluding diaryl/α,β-unsaturated/α-hetero) is 2. The minimum Gasteiger partial charge on any atom is -0.459 e. The first kappa shape index (κ1) is 20.8. The van der Waals surface area contributed by atoms with E-state index in [9.17, 15) is 14.4 Å². The first-order chi connectivity index (χ1) is 12.7. The molecule has 1 saturated heterocycles. The largest absolute Gasteiger partial charge is 0.459 e. The average molecular weight is 370 g/mol. The highest BCUT2D eigenvalue weighted by Crippen LogP contribution is 2.26. The van der Waals surface area contributed by atoms with Crippen LogP contribution in [0.15, 0.2) is 30.3 Å². The molecule has 0 aliphatic carbocycles. The number of nitrogens with zero attached hydrogens (tertiary/aromatic N) is 2. The van der Waals surface area contributed by atoms with Crippen LogP contribution in [0.2, 0.25) is 0 Å². The summed E-state index contributed by atoms with van der Waals surface area (Å²) in [6.45, 7) is 5.71. The van der Waals surface area contributed by atoms with E-state index >= 15 is 0 Å². The summed E-state index contributed by atoms with van der Waals surface area (Å²) in [5.41, 5.74) is -0.0643. The average Bonchev–Trinajstić information content (AvgIpc) is 2.61. The Morgan fingerprint density at radius 2 is 1.85 bits per heavy atom. The van der Waals surface area contributed by atoms with Gasteiger partial charge in [-0.05, 0) is 33.6 Å². The van der Waals surface area contributed by atoms with E-state index in [-0.39, 0.29) is 43.0 Å². The van der Waals surface area contributed by atoms with Crippen molar-refractivity contribution in [2.24, 2.45) is 5.92 Å². The third-order valence-electron chi connectivity index (χ3n) is 4.51. The third-order valence-corrected chi connectivity index (χ3v) is 4.51. The third kappa shape index (κ3) is 6.00. The number of esters is 1. The number of piperidine rings is 1. The van der Waals surface area contributed by atoms with Gasteiger partial charge in [-0.3, -0.25) is 19.3 Å². The Bertz CT molecular complexity index is 731. The lowest BCUT2D eigenvalue weighted by Crippen LogP contribution is -2.52. The monoisotopic (exact) mass is 370 g/mol. The molecule has 1 aromatic carbocycles. The van der Waals surface area contributed by atoms with Gasteiger partial charge in [0.05, 0.1) is 19.0 Å². The molecule has 0 saturated carbocycles. The summed E-state index contributed by atoms with van der Waals surface area (Å²) < 4.78 is 5.51. The van der Waals surface area contributed by atoms with Crippen LogP contribution in [0.5, 0.6) is 0 Å². The Balaban J connectivity index is 2.17. The van der Waals surface area contributed by atoms with E-state index in [4.69, 9.17) is 10.00 Å². The highest BCUT2D eigenvalue weighted by molar-refractivity contribution is 5.98. The highest BCUT2D eigenvalue weighted by Gasteiger charge is 2.38. The van der Waals surface area contributed by atoms with Gasteiger partial charge in [0.1, 0.15) is 11.6 Å². The number of rotatable bonds is 6. The molecule has 6 nitrogen and oxygen atoms in total. The Morgan fingerprint density at radius 3 is 2.44 bits per heavy atom. The van der Waals surface area contributed by atoms with Crippen LogP contribution in [-0.2, 0) is 14.3 Å². The molecule has 27 heavy (non-hydrogen) atoms. The van der Waals surface area contributed by atoms with E-state index in [0.29, 0.717) is 18.4 Å². The number of ketones is 2. The molecule has 1 aliphatic heterocycles. The van der Waals surface area contributed by atoms with Crippen molar-refractivity contribution in [3.05, 3.63) is 35.9 Å². The first-order valence-electron chi connectivity index (χ1n) is 9.16. The predicted molar refractivity (Wildman–Crippen MR) is 99.9 cm³/mol. The zero-order valence-electron chi connectivity index (χ0n) is 16.1. The maximum atomic E-state index is 12.6. The van der Waals surface area contributed by atoms with Gasteiger partial charge >= 0.3 is 5.97 Å². The number of ether oxygens (including phenoxy) is 1. The van der Waals surface area contributed by atoms with Crippen molar-refractivity contribution in [2.45, 2.75) is 51.7 Å². The standard InChI is InChI=1S/C21H26N2O4/c1-21(2,3)27-20(26)17-10-9-16(18(24)11-12-22)13-23(17)14-19(25)15-7-5-4-6-8-15/h4-8,16-17H,9-11,13-14H2,1-3H3/t16-,17-/m0/s1. The van der Waals surface area contributed by atoms with Gasteiger partial charge in [-0.15, -0.1) is 0 Å². The molecule has 0 amide bonds. The van der Waals surface area contributed by atoms with Crippen LogP contribution in [-0.4, -0.2) is 47.2 Å². The molecule has 1 aromatic rings. The number of carbonyl (C=O) groups excluding carboxylic acids is 3. The van der Waals surface area contributed by atoms with Crippen LogP contribution < -0.4 is 0 Å². The van der Waals surface area contributed by atoms with Crippen LogP contribution in [0, 0.1) is 17.2 Å². The number of benzene rings is 1. The molecule has 0 aromatic heterocycles. The van der Waals surface area contributed by atoms with Crippen LogP contribution in [0.3, 0.4) is 0 Å². The maximum Gasteiger partial charge on any atom is 0.323 e. The Labute approximate surface area is 160 Å². The van der Waals surface area contributed by atoms with Gasteiger partial charge in [-0.1, -0.05) is 30.3 Å². The lowest BCUT2D eigenvalue weighted by atomic mass is 9.88. The van der Waals surface area contributed by atoms with Crippen molar-refractivity contribution in [3.63, 3.8) is 0 Å². The first-order valence-corrected chi connectivity index (χ1v) is 9.16. The second-order valence-corrected chi connectivity index (χ2v) is 7.84. The normalized spacial score (nSPS) is 20.5. The van der Waals surface area contributed by atoms with Gasteiger partial charge in [0.15, 0.2) is 11.6 Å². The fourth-order valence-electron chi connectivity index (χ4n) is 3.24. The summed E-state index contributed by atoms with van der Waals surface area (Å²) >= 11 is 0. The zero-order valence-corrected chi connectivity index (χ0v) is 16.1. The van der Waals surface area contributed by atoms with Gasteiger partial charge in [-0.2, -0.15) is 5.26 Å². The van der Waals surface area contributed by atoms with E-state index in [1.54, 1.807) is 49.9 Å². The lowest BCUT2D eigenvalue weighted by Gasteiger charge is -2.38.